The maximum absolute atomic E-state index is 12.6. The van der Waals surface area contributed by atoms with Crippen molar-refractivity contribution in [3.8, 4) is 11.1 Å². The van der Waals surface area contributed by atoms with E-state index in [4.69, 9.17) is 9.84 Å². The molecule has 2 aromatic carbocycles. The number of hydrogen-bond donors (Lipinski definition) is 3. The number of carboxylic acids is 1. The Kier molecular flexibility index (Phi) is 7.20. The number of hydrogen-bond acceptors (Lipinski definition) is 4. The number of carboxylic acid groups (broad SMARTS) is 1. The van der Waals surface area contributed by atoms with Crippen LogP contribution in [0.2, 0.25) is 0 Å². The van der Waals surface area contributed by atoms with Crippen molar-refractivity contribution in [1.29, 1.82) is 0 Å². The van der Waals surface area contributed by atoms with E-state index in [1.165, 1.54) is 0 Å². The van der Waals surface area contributed by atoms with Crippen LogP contribution in [0.3, 0.4) is 0 Å². The van der Waals surface area contributed by atoms with E-state index in [0.717, 1.165) is 35.1 Å². The molecule has 7 nitrogen and oxygen atoms in total. The van der Waals surface area contributed by atoms with Gasteiger partial charge in [-0.3, -0.25) is 9.59 Å². The third-order valence-corrected chi connectivity index (χ3v) is 7.12. The van der Waals surface area contributed by atoms with Crippen LogP contribution >= 0.6 is 0 Å². The minimum absolute atomic E-state index is 0.0252. The van der Waals surface area contributed by atoms with Gasteiger partial charge in [0.15, 0.2) is 0 Å². The molecule has 180 valence electrons. The van der Waals surface area contributed by atoms with Crippen molar-refractivity contribution in [2.24, 2.45) is 17.8 Å². The predicted octanol–water partition coefficient (Wildman–Crippen LogP) is 4.17. The van der Waals surface area contributed by atoms with Gasteiger partial charge >= 0.3 is 12.1 Å². The first-order valence-electron chi connectivity index (χ1n) is 12.0. The topological polar surface area (TPSA) is 105 Å². The first-order chi connectivity index (χ1) is 16.3. The van der Waals surface area contributed by atoms with Gasteiger partial charge in [0.1, 0.15) is 6.61 Å². The van der Waals surface area contributed by atoms with E-state index in [2.05, 4.69) is 34.9 Å². The summed E-state index contributed by atoms with van der Waals surface area (Å²) in [7, 11) is 0. The average molecular weight is 465 g/mol. The van der Waals surface area contributed by atoms with Gasteiger partial charge in [0, 0.05) is 18.5 Å². The van der Waals surface area contributed by atoms with Crippen molar-refractivity contribution >= 4 is 18.0 Å². The van der Waals surface area contributed by atoms with E-state index in [-0.39, 0.29) is 30.8 Å². The summed E-state index contributed by atoms with van der Waals surface area (Å²) in [5, 5.41) is 14.7. The minimum atomic E-state index is -0.843. The quantitative estimate of drug-likeness (QED) is 0.490. The summed E-state index contributed by atoms with van der Waals surface area (Å²) in [5.41, 5.74) is 4.61. The molecule has 0 spiro atoms. The molecule has 1 saturated carbocycles. The average Bonchev–Trinajstić information content (AvgIpc) is 3.62. The summed E-state index contributed by atoms with van der Waals surface area (Å²) >= 11 is 0. The highest BCUT2D eigenvalue weighted by Gasteiger charge is 2.34. The minimum Gasteiger partial charge on any atom is -0.481 e. The fraction of sp³-hybridized carbons (Fsp3) is 0.444. The molecule has 0 saturated heterocycles. The van der Waals surface area contributed by atoms with Crippen molar-refractivity contribution in [3.63, 3.8) is 0 Å². The molecule has 0 heterocycles. The Morgan fingerprint density at radius 2 is 1.59 bits per heavy atom. The number of carbonyl (C=O) groups is 3. The number of amides is 2. The van der Waals surface area contributed by atoms with Crippen LogP contribution in [0.1, 0.15) is 50.2 Å². The number of rotatable bonds is 10. The Hall–Kier alpha value is -3.35. The van der Waals surface area contributed by atoms with Crippen molar-refractivity contribution in [2.75, 3.05) is 13.2 Å². The summed E-state index contributed by atoms with van der Waals surface area (Å²) in [6, 6.07) is 15.9. The second-order valence-electron chi connectivity index (χ2n) is 9.49. The molecule has 0 bridgehead atoms. The molecular weight excluding hydrogens is 432 g/mol. The number of nitrogens with one attached hydrogen (secondary N) is 2. The molecule has 3 unspecified atom stereocenters. The first-order valence-corrected chi connectivity index (χ1v) is 12.0. The van der Waals surface area contributed by atoms with Crippen LogP contribution in [0.25, 0.3) is 11.1 Å². The number of ether oxygens (including phenoxy) is 1. The molecule has 2 amide bonds. The Labute approximate surface area is 199 Å². The Morgan fingerprint density at radius 1 is 1.00 bits per heavy atom. The van der Waals surface area contributed by atoms with Gasteiger partial charge in [0.25, 0.3) is 0 Å². The van der Waals surface area contributed by atoms with Gasteiger partial charge < -0.3 is 20.5 Å². The van der Waals surface area contributed by atoms with E-state index >= 15 is 0 Å². The maximum atomic E-state index is 12.6. The van der Waals surface area contributed by atoms with Crippen LogP contribution in [-0.2, 0) is 14.3 Å². The molecule has 3 atom stereocenters. The Balaban J connectivity index is 1.27. The monoisotopic (exact) mass is 464 g/mol. The van der Waals surface area contributed by atoms with Crippen LogP contribution in [0, 0.1) is 17.8 Å². The van der Waals surface area contributed by atoms with Gasteiger partial charge in [-0.25, -0.2) is 4.79 Å². The third kappa shape index (κ3) is 5.41. The number of carbonyl (C=O) groups excluding carboxylic acids is 2. The highest BCUT2D eigenvalue weighted by Crippen LogP contribution is 2.44. The lowest BCUT2D eigenvalue weighted by molar-refractivity contribution is -0.138. The summed E-state index contributed by atoms with van der Waals surface area (Å²) < 4.78 is 5.57. The van der Waals surface area contributed by atoms with Crippen LogP contribution in [0.4, 0.5) is 4.79 Å². The van der Waals surface area contributed by atoms with Crippen LogP contribution in [0.5, 0.6) is 0 Å². The van der Waals surface area contributed by atoms with Gasteiger partial charge in [-0.1, -0.05) is 55.5 Å². The summed E-state index contributed by atoms with van der Waals surface area (Å²) in [6.07, 6.45) is 1.54. The molecular formula is C27H32N2O5. The first kappa shape index (κ1) is 23.8. The summed E-state index contributed by atoms with van der Waals surface area (Å²) in [4.78, 5) is 36.2. The Bertz CT molecular complexity index is 1020. The van der Waals surface area contributed by atoms with Crippen molar-refractivity contribution in [2.45, 2.75) is 45.1 Å². The van der Waals surface area contributed by atoms with Crippen LogP contribution < -0.4 is 10.6 Å². The molecule has 2 aromatic rings. The van der Waals surface area contributed by atoms with Crippen LogP contribution in [0.15, 0.2) is 48.5 Å². The molecule has 3 N–H and O–H groups in total. The summed E-state index contributed by atoms with van der Waals surface area (Å²) in [6.45, 7) is 4.07. The largest absolute Gasteiger partial charge is 0.481 e. The van der Waals surface area contributed by atoms with Crippen molar-refractivity contribution in [3.05, 3.63) is 59.7 Å². The lowest BCUT2D eigenvalue weighted by atomic mass is 9.98. The van der Waals surface area contributed by atoms with E-state index in [1.54, 1.807) is 13.8 Å². The zero-order chi connectivity index (χ0) is 24.2. The van der Waals surface area contributed by atoms with E-state index in [0.29, 0.717) is 12.5 Å². The highest BCUT2D eigenvalue weighted by molar-refractivity contribution is 5.80. The fourth-order valence-corrected chi connectivity index (χ4v) is 4.77. The fourth-order valence-electron chi connectivity index (χ4n) is 4.77. The second kappa shape index (κ2) is 10.3. The SMILES string of the molecule is CC(NC(=O)OCC1c2ccccc2-c2ccccc21)C(C)C(=O)NCC(CC(=O)O)C1CC1. The third-order valence-electron chi connectivity index (χ3n) is 7.12. The van der Waals surface area contributed by atoms with Crippen molar-refractivity contribution in [1.82, 2.24) is 10.6 Å². The molecule has 34 heavy (non-hydrogen) atoms. The molecule has 0 aliphatic heterocycles. The zero-order valence-electron chi connectivity index (χ0n) is 19.6. The smallest absolute Gasteiger partial charge is 0.407 e. The van der Waals surface area contributed by atoms with E-state index in [1.807, 2.05) is 24.3 Å². The Morgan fingerprint density at radius 3 is 2.15 bits per heavy atom. The second-order valence-corrected chi connectivity index (χ2v) is 9.49. The number of alkyl carbamates (subject to hydrolysis) is 1. The predicted molar refractivity (Wildman–Crippen MR) is 128 cm³/mol. The number of benzene rings is 2. The standard InChI is InChI=1S/C27H32N2O5/c1-16(26(32)28-14-19(13-25(30)31)18-11-12-18)17(2)29-27(33)34-15-24-22-9-5-3-7-20(22)21-8-4-6-10-23(21)24/h3-10,16-19,24H,11-15H2,1-2H3,(H,28,32)(H,29,33)(H,30,31). The van der Waals surface area contributed by atoms with Gasteiger partial charge in [-0.05, 0) is 53.9 Å². The normalized spacial score (nSPS) is 17.1. The maximum Gasteiger partial charge on any atom is 0.407 e. The van der Waals surface area contributed by atoms with E-state index < -0.39 is 24.0 Å². The van der Waals surface area contributed by atoms with Gasteiger partial charge in [-0.2, -0.15) is 0 Å². The van der Waals surface area contributed by atoms with Gasteiger partial charge in [0.05, 0.1) is 12.3 Å². The number of aliphatic carboxylic acids is 1. The van der Waals surface area contributed by atoms with E-state index in [9.17, 15) is 14.4 Å². The molecule has 2 aliphatic carbocycles. The van der Waals surface area contributed by atoms with Crippen molar-refractivity contribution < 1.29 is 24.2 Å². The lowest BCUT2D eigenvalue weighted by Crippen LogP contribution is -2.45. The molecule has 1 fully saturated rings. The highest BCUT2D eigenvalue weighted by atomic mass is 16.5. The van der Waals surface area contributed by atoms with Gasteiger partial charge in [0.2, 0.25) is 5.91 Å². The number of fused-ring (bicyclic) bond motifs is 3. The van der Waals surface area contributed by atoms with Gasteiger partial charge in [-0.15, -0.1) is 0 Å². The summed E-state index contributed by atoms with van der Waals surface area (Å²) in [5.74, 6) is -1.22. The molecule has 7 heteroatoms. The zero-order valence-corrected chi connectivity index (χ0v) is 19.6. The molecule has 0 radical (unpaired) electrons. The van der Waals surface area contributed by atoms with Crippen LogP contribution in [-0.4, -0.2) is 42.3 Å². The molecule has 2 aliphatic rings. The molecule has 4 rings (SSSR count). The lowest BCUT2D eigenvalue weighted by Gasteiger charge is -2.23. The molecule has 0 aromatic heterocycles.